The molecule has 0 aliphatic heterocycles. The van der Waals surface area contributed by atoms with Gasteiger partial charge in [0.05, 0.1) is 11.7 Å². The van der Waals surface area contributed by atoms with E-state index in [9.17, 15) is 9.18 Å². The van der Waals surface area contributed by atoms with Crippen LogP contribution in [0.4, 0.5) is 10.2 Å². The summed E-state index contributed by atoms with van der Waals surface area (Å²) in [5, 5.41) is 3.66. The molecule has 0 unspecified atom stereocenters. The third-order valence-corrected chi connectivity index (χ3v) is 5.53. The highest BCUT2D eigenvalue weighted by Gasteiger charge is 2.19. The highest BCUT2D eigenvalue weighted by Crippen LogP contribution is 2.38. The molecule has 1 aromatic carbocycles. The quantitative estimate of drug-likeness (QED) is 0.355. The van der Waals surface area contributed by atoms with Crippen LogP contribution in [-0.2, 0) is 11.2 Å². The van der Waals surface area contributed by atoms with Crippen LogP contribution in [0, 0.1) is 5.82 Å². The molecule has 5 aromatic rings. The zero-order valence-corrected chi connectivity index (χ0v) is 18.1. The number of aromatic amines is 1. The first-order chi connectivity index (χ1) is 16.6. The Kier molecular flexibility index (Phi) is 5.80. The molecule has 0 fully saturated rings. The number of benzene rings is 1. The molecule has 0 saturated carbocycles. The zero-order chi connectivity index (χ0) is 23.5. The van der Waals surface area contributed by atoms with Crippen molar-refractivity contribution in [3.63, 3.8) is 0 Å². The number of rotatable bonds is 6. The van der Waals surface area contributed by atoms with Crippen molar-refractivity contribution in [2.75, 3.05) is 5.32 Å². The highest BCUT2D eigenvalue weighted by atomic mass is 19.1. The number of aromatic nitrogens is 4. The van der Waals surface area contributed by atoms with E-state index < -0.39 is 6.04 Å². The standard InChI is InChI=1S/C26H21FN6O/c27-19-5-3-18(4-6-19)24-23(17-9-12-29-13-10-17)20-7-8-22(31-25(20)33-24)32-26(34)21(28)14-16-2-1-11-30-15-16/h1-13,15,21H,14,28H2,(H2,31,32,33,34)/t21-/m0/s1. The van der Waals surface area contributed by atoms with E-state index in [4.69, 9.17) is 5.73 Å². The van der Waals surface area contributed by atoms with Gasteiger partial charge in [0.2, 0.25) is 5.91 Å². The van der Waals surface area contributed by atoms with Crippen LogP contribution in [0.2, 0.25) is 0 Å². The summed E-state index contributed by atoms with van der Waals surface area (Å²) < 4.78 is 13.5. The number of fused-ring (bicyclic) bond motifs is 1. The summed E-state index contributed by atoms with van der Waals surface area (Å²) in [6, 6.07) is 16.6. The summed E-state index contributed by atoms with van der Waals surface area (Å²) in [7, 11) is 0. The number of hydrogen-bond acceptors (Lipinski definition) is 5. The third kappa shape index (κ3) is 4.39. The molecule has 0 radical (unpaired) electrons. The Morgan fingerprint density at radius 3 is 2.50 bits per heavy atom. The van der Waals surface area contributed by atoms with Gasteiger partial charge in [-0.25, -0.2) is 9.37 Å². The number of anilines is 1. The number of nitrogens with two attached hydrogens (primary N) is 1. The lowest BCUT2D eigenvalue weighted by molar-refractivity contribution is -0.117. The van der Waals surface area contributed by atoms with E-state index in [0.29, 0.717) is 17.9 Å². The molecular weight excluding hydrogens is 431 g/mol. The van der Waals surface area contributed by atoms with E-state index >= 15 is 0 Å². The smallest absolute Gasteiger partial charge is 0.242 e. The molecule has 1 amide bonds. The molecule has 168 valence electrons. The van der Waals surface area contributed by atoms with Gasteiger partial charge in [0.25, 0.3) is 0 Å². The summed E-state index contributed by atoms with van der Waals surface area (Å²) >= 11 is 0. The predicted molar refractivity (Wildman–Crippen MR) is 129 cm³/mol. The van der Waals surface area contributed by atoms with Gasteiger partial charge >= 0.3 is 0 Å². The van der Waals surface area contributed by atoms with Crippen LogP contribution in [0.25, 0.3) is 33.4 Å². The average molecular weight is 452 g/mol. The second-order valence-electron chi connectivity index (χ2n) is 7.87. The lowest BCUT2D eigenvalue weighted by Crippen LogP contribution is -2.37. The molecule has 7 nitrogen and oxygen atoms in total. The Morgan fingerprint density at radius 2 is 1.76 bits per heavy atom. The van der Waals surface area contributed by atoms with Crippen molar-refractivity contribution < 1.29 is 9.18 Å². The van der Waals surface area contributed by atoms with E-state index in [2.05, 4.69) is 25.3 Å². The number of H-pyrrole nitrogens is 1. The molecular formula is C26H21FN6O. The maximum atomic E-state index is 13.5. The van der Waals surface area contributed by atoms with Crippen LogP contribution in [0.1, 0.15) is 5.56 Å². The Labute approximate surface area is 194 Å². The fraction of sp³-hybridized carbons (Fsp3) is 0.0769. The summed E-state index contributed by atoms with van der Waals surface area (Å²) in [5.41, 5.74) is 11.0. The summed E-state index contributed by atoms with van der Waals surface area (Å²) in [6.45, 7) is 0. The largest absolute Gasteiger partial charge is 0.339 e. The second-order valence-corrected chi connectivity index (χ2v) is 7.87. The Hall–Kier alpha value is -4.43. The maximum absolute atomic E-state index is 13.5. The minimum atomic E-state index is -0.743. The SMILES string of the molecule is N[C@@H](Cc1cccnc1)C(=O)Nc1ccc2c(-c3ccncc3)c(-c3ccc(F)cc3)[nH]c2n1. The van der Waals surface area contributed by atoms with Gasteiger partial charge in [-0.2, -0.15) is 0 Å². The van der Waals surface area contributed by atoms with Gasteiger partial charge in [-0.05, 0) is 77.7 Å². The molecule has 0 saturated heterocycles. The molecule has 1 atom stereocenters. The molecule has 4 heterocycles. The fourth-order valence-corrected chi connectivity index (χ4v) is 3.88. The average Bonchev–Trinajstić information content (AvgIpc) is 3.24. The number of nitrogens with zero attached hydrogens (tertiary/aromatic N) is 3. The fourth-order valence-electron chi connectivity index (χ4n) is 3.88. The lowest BCUT2D eigenvalue weighted by Gasteiger charge is -2.11. The molecule has 8 heteroatoms. The minimum absolute atomic E-state index is 0.309. The second kappa shape index (κ2) is 9.21. The Morgan fingerprint density at radius 1 is 0.971 bits per heavy atom. The molecule has 5 rings (SSSR count). The van der Waals surface area contributed by atoms with Crippen molar-refractivity contribution in [1.29, 1.82) is 0 Å². The predicted octanol–water partition coefficient (Wildman–Crippen LogP) is 4.33. The van der Waals surface area contributed by atoms with Crippen LogP contribution in [-0.4, -0.2) is 31.9 Å². The molecule has 0 bridgehead atoms. The molecule has 0 aliphatic carbocycles. The first-order valence-electron chi connectivity index (χ1n) is 10.7. The highest BCUT2D eigenvalue weighted by molar-refractivity contribution is 6.03. The van der Waals surface area contributed by atoms with Crippen molar-refractivity contribution >= 4 is 22.8 Å². The van der Waals surface area contributed by atoms with Gasteiger partial charge in [-0.3, -0.25) is 14.8 Å². The van der Waals surface area contributed by atoms with Crippen LogP contribution in [0.5, 0.6) is 0 Å². The van der Waals surface area contributed by atoms with Gasteiger partial charge in [0, 0.05) is 35.7 Å². The van der Waals surface area contributed by atoms with E-state index in [0.717, 1.165) is 33.3 Å². The monoisotopic (exact) mass is 452 g/mol. The van der Waals surface area contributed by atoms with Crippen LogP contribution >= 0.6 is 0 Å². The molecule has 4 aromatic heterocycles. The molecule has 4 N–H and O–H groups in total. The summed E-state index contributed by atoms with van der Waals surface area (Å²) in [5.74, 6) is -0.265. The van der Waals surface area contributed by atoms with Gasteiger partial charge in [-0.1, -0.05) is 6.07 Å². The molecule has 0 spiro atoms. The summed E-state index contributed by atoms with van der Waals surface area (Å²) in [6.07, 6.45) is 7.16. The number of hydrogen-bond donors (Lipinski definition) is 3. The Balaban J connectivity index is 1.48. The minimum Gasteiger partial charge on any atom is -0.339 e. The van der Waals surface area contributed by atoms with Crippen molar-refractivity contribution in [1.82, 2.24) is 19.9 Å². The zero-order valence-electron chi connectivity index (χ0n) is 18.1. The van der Waals surface area contributed by atoms with Crippen LogP contribution in [0.15, 0.2) is 85.5 Å². The van der Waals surface area contributed by atoms with Crippen molar-refractivity contribution in [2.45, 2.75) is 12.5 Å². The van der Waals surface area contributed by atoms with E-state index in [1.165, 1.54) is 12.1 Å². The van der Waals surface area contributed by atoms with Crippen molar-refractivity contribution in [2.24, 2.45) is 5.73 Å². The third-order valence-electron chi connectivity index (χ3n) is 5.53. The number of carbonyl (C=O) groups excluding carboxylic acids is 1. The Bertz CT molecular complexity index is 1440. The number of nitrogens with one attached hydrogen (secondary N) is 2. The maximum Gasteiger partial charge on any atom is 0.242 e. The lowest BCUT2D eigenvalue weighted by atomic mass is 10.00. The summed E-state index contributed by atoms with van der Waals surface area (Å²) in [4.78, 5) is 28.8. The first kappa shape index (κ1) is 21.4. The number of halogens is 1. The normalized spacial score (nSPS) is 11.9. The number of amides is 1. The first-order valence-corrected chi connectivity index (χ1v) is 10.7. The van der Waals surface area contributed by atoms with Crippen molar-refractivity contribution in [3.05, 3.63) is 96.8 Å². The number of carbonyl (C=O) groups is 1. The van der Waals surface area contributed by atoms with E-state index in [-0.39, 0.29) is 11.7 Å². The van der Waals surface area contributed by atoms with Crippen molar-refractivity contribution in [3.8, 4) is 22.4 Å². The number of pyridine rings is 3. The van der Waals surface area contributed by atoms with E-state index in [1.54, 1.807) is 49.1 Å². The van der Waals surface area contributed by atoms with Gasteiger partial charge in [-0.15, -0.1) is 0 Å². The van der Waals surface area contributed by atoms with Crippen LogP contribution in [0.3, 0.4) is 0 Å². The molecule has 34 heavy (non-hydrogen) atoms. The van der Waals surface area contributed by atoms with E-state index in [1.807, 2.05) is 24.3 Å². The van der Waals surface area contributed by atoms with Gasteiger partial charge < -0.3 is 16.0 Å². The van der Waals surface area contributed by atoms with Crippen LogP contribution < -0.4 is 11.1 Å². The topological polar surface area (TPSA) is 110 Å². The van der Waals surface area contributed by atoms with Gasteiger partial charge in [0.15, 0.2) is 0 Å². The van der Waals surface area contributed by atoms with Gasteiger partial charge in [0.1, 0.15) is 17.3 Å². The molecule has 0 aliphatic rings.